The van der Waals surface area contributed by atoms with Crippen molar-refractivity contribution < 1.29 is 0 Å². The fourth-order valence-electron chi connectivity index (χ4n) is 2.17. The summed E-state index contributed by atoms with van der Waals surface area (Å²) in [6.07, 6.45) is 1.82. The lowest BCUT2D eigenvalue weighted by molar-refractivity contribution is 0.602. The van der Waals surface area contributed by atoms with E-state index in [4.69, 9.17) is 0 Å². The summed E-state index contributed by atoms with van der Waals surface area (Å²) < 4.78 is 0. The average Bonchev–Trinajstić information content (AvgIpc) is 3.02. The maximum atomic E-state index is 4.56. The van der Waals surface area contributed by atoms with Gasteiger partial charge in [-0.05, 0) is 26.0 Å². The Labute approximate surface area is 127 Å². The van der Waals surface area contributed by atoms with Crippen LogP contribution in [0.4, 0.5) is 11.8 Å². The fourth-order valence-corrected chi connectivity index (χ4v) is 2.88. The molecule has 0 radical (unpaired) electrons. The second-order valence-corrected chi connectivity index (χ2v) is 6.14. The van der Waals surface area contributed by atoms with Crippen LogP contribution < -0.4 is 10.6 Å². The summed E-state index contributed by atoms with van der Waals surface area (Å²) in [5.74, 6) is 1.41. The Morgan fingerprint density at radius 1 is 1.14 bits per heavy atom. The van der Waals surface area contributed by atoms with Crippen LogP contribution in [0.5, 0.6) is 0 Å². The molecule has 2 N–H and O–H groups in total. The molecule has 3 rings (SSSR count). The van der Waals surface area contributed by atoms with Crippen molar-refractivity contribution in [3.05, 3.63) is 40.8 Å². The van der Waals surface area contributed by atoms with Gasteiger partial charge in [0.1, 0.15) is 10.8 Å². The normalized spacial score (nSPS) is 11.6. The van der Waals surface area contributed by atoms with E-state index in [1.54, 1.807) is 11.3 Å². The van der Waals surface area contributed by atoms with Gasteiger partial charge in [0.2, 0.25) is 5.95 Å². The third-order valence-electron chi connectivity index (χ3n) is 3.22. The van der Waals surface area contributed by atoms with Gasteiger partial charge in [0, 0.05) is 24.0 Å². The molecule has 0 atom stereocenters. The Kier molecular flexibility index (Phi) is 3.47. The predicted octanol–water partition coefficient (Wildman–Crippen LogP) is 3.48. The number of nitrogens with one attached hydrogen (secondary N) is 2. The van der Waals surface area contributed by atoms with Crippen LogP contribution >= 0.6 is 11.3 Å². The highest BCUT2D eigenvalue weighted by Gasteiger charge is 2.24. The van der Waals surface area contributed by atoms with Crippen LogP contribution in [0.25, 0.3) is 10.9 Å². The Balaban J connectivity index is 2.07. The number of rotatable bonds is 4. The molecule has 1 aromatic carbocycles. The minimum Gasteiger partial charge on any atom is -0.358 e. The van der Waals surface area contributed by atoms with Crippen LogP contribution in [0.1, 0.15) is 18.9 Å². The van der Waals surface area contributed by atoms with Gasteiger partial charge < -0.3 is 10.6 Å². The molecule has 0 spiro atoms. The van der Waals surface area contributed by atoms with Crippen LogP contribution in [-0.2, 0) is 5.54 Å². The molecule has 2 aromatic heterocycles. The highest BCUT2D eigenvalue weighted by atomic mass is 32.1. The Morgan fingerprint density at radius 3 is 2.67 bits per heavy atom. The van der Waals surface area contributed by atoms with Gasteiger partial charge in [0.15, 0.2) is 0 Å². The summed E-state index contributed by atoms with van der Waals surface area (Å²) in [5.41, 5.74) is 0.616. The van der Waals surface area contributed by atoms with E-state index in [0.29, 0.717) is 5.95 Å². The Bertz CT molecular complexity index is 752. The third-order valence-corrected chi connectivity index (χ3v) is 4.32. The van der Waals surface area contributed by atoms with Gasteiger partial charge >= 0.3 is 0 Å². The lowest BCUT2D eigenvalue weighted by atomic mass is 10.1. The van der Waals surface area contributed by atoms with Crippen molar-refractivity contribution in [3.8, 4) is 0 Å². The van der Waals surface area contributed by atoms with E-state index >= 15 is 0 Å². The number of anilines is 2. The molecular formula is C15H17N5S. The molecule has 6 heteroatoms. The van der Waals surface area contributed by atoms with E-state index in [1.165, 1.54) is 0 Å². The van der Waals surface area contributed by atoms with E-state index in [0.717, 1.165) is 21.7 Å². The zero-order valence-electron chi connectivity index (χ0n) is 12.2. The number of thiazole rings is 1. The maximum absolute atomic E-state index is 4.56. The molecule has 3 aromatic rings. The van der Waals surface area contributed by atoms with E-state index in [2.05, 4.69) is 39.4 Å². The van der Waals surface area contributed by atoms with Crippen LogP contribution in [0.15, 0.2) is 35.8 Å². The van der Waals surface area contributed by atoms with Gasteiger partial charge in [-0.3, -0.25) is 0 Å². The first-order chi connectivity index (χ1) is 10.1. The number of para-hydroxylation sites is 1. The molecule has 0 aliphatic carbocycles. The molecule has 0 amide bonds. The number of nitrogens with zero attached hydrogens (tertiary/aromatic N) is 3. The molecule has 21 heavy (non-hydrogen) atoms. The van der Waals surface area contributed by atoms with Gasteiger partial charge in [0.25, 0.3) is 0 Å². The van der Waals surface area contributed by atoms with Crippen LogP contribution in [-0.4, -0.2) is 22.0 Å². The summed E-state index contributed by atoms with van der Waals surface area (Å²) in [6.45, 7) is 4.20. The zero-order chi connectivity index (χ0) is 14.9. The molecule has 5 nitrogen and oxygen atoms in total. The fraction of sp³-hybridized carbons (Fsp3) is 0.267. The molecule has 0 fully saturated rings. The van der Waals surface area contributed by atoms with Crippen molar-refractivity contribution in [2.75, 3.05) is 17.7 Å². The summed E-state index contributed by atoms with van der Waals surface area (Å²) >= 11 is 1.63. The molecule has 0 aliphatic rings. The van der Waals surface area contributed by atoms with Crippen LogP contribution in [0.2, 0.25) is 0 Å². The Morgan fingerprint density at radius 2 is 1.95 bits per heavy atom. The van der Waals surface area contributed by atoms with Crippen molar-refractivity contribution in [1.82, 2.24) is 15.0 Å². The van der Waals surface area contributed by atoms with E-state index in [1.807, 2.05) is 42.9 Å². The van der Waals surface area contributed by atoms with Crippen molar-refractivity contribution in [3.63, 3.8) is 0 Å². The lowest BCUT2D eigenvalue weighted by Crippen LogP contribution is -2.28. The molecule has 0 aliphatic heterocycles. The quantitative estimate of drug-likeness (QED) is 0.772. The zero-order valence-corrected chi connectivity index (χ0v) is 13.0. The highest BCUT2D eigenvalue weighted by Crippen LogP contribution is 2.30. The second-order valence-electron chi connectivity index (χ2n) is 5.25. The second kappa shape index (κ2) is 5.29. The molecule has 0 unspecified atom stereocenters. The first-order valence-corrected chi connectivity index (χ1v) is 7.61. The SMILES string of the molecule is CNc1nc(NC(C)(C)c2nccs2)c2ccccc2n1. The smallest absolute Gasteiger partial charge is 0.224 e. The van der Waals surface area contributed by atoms with Gasteiger partial charge in [0.05, 0.1) is 11.1 Å². The summed E-state index contributed by atoms with van der Waals surface area (Å²) in [7, 11) is 1.82. The van der Waals surface area contributed by atoms with Crippen molar-refractivity contribution in [2.45, 2.75) is 19.4 Å². The number of benzene rings is 1. The lowest BCUT2D eigenvalue weighted by Gasteiger charge is -2.25. The standard InChI is InChI=1S/C15H17N5S/c1-15(2,13-17-8-9-21-13)20-12-10-6-4-5-7-11(10)18-14(16-3)19-12/h4-9H,1-3H3,(H2,16,18,19,20). The number of hydrogen-bond acceptors (Lipinski definition) is 6. The summed E-state index contributed by atoms with van der Waals surface area (Å²) in [6, 6.07) is 7.98. The summed E-state index contributed by atoms with van der Waals surface area (Å²) in [5, 5.41) is 10.5. The topological polar surface area (TPSA) is 62.7 Å². The molecular weight excluding hydrogens is 282 g/mol. The maximum Gasteiger partial charge on any atom is 0.224 e. The molecule has 0 saturated heterocycles. The third kappa shape index (κ3) is 2.67. The van der Waals surface area contributed by atoms with Gasteiger partial charge in [-0.25, -0.2) is 9.97 Å². The number of fused-ring (bicyclic) bond motifs is 1. The van der Waals surface area contributed by atoms with Gasteiger partial charge in [-0.15, -0.1) is 11.3 Å². The number of aromatic nitrogens is 3. The predicted molar refractivity (Wildman–Crippen MR) is 87.8 cm³/mol. The largest absolute Gasteiger partial charge is 0.358 e. The first kappa shape index (κ1) is 13.8. The van der Waals surface area contributed by atoms with Crippen molar-refractivity contribution in [2.24, 2.45) is 0 Å². The average molecular weight is 299 g/mol. The molecule has 2 heterocycles. The minimum atomic E-state index is -0.295. The van der Waals surface area contributed by atoms with E-state index in [9.17, 15) is 0 Å². The van der Waals surface area contributed by atoms with Crippen LogP contribution in [0.3, 0.4) is 0 Å². The van der Waals surface area contributed by atoms with Crippen molar-refractivity contribution in [1.29, 1.82) is 0 Å². The number of hydrogen-bond donors (Lipinski definition) is 2. The van der Waals surface area contributed by atoms with Gasteiger partial charge in [-0.1, -0.05) is 12.1 Å². The highest BCUT2D eigenvalue weighted by molar-refractivity contribution is 7.09. The van der Waals surface area contributed by atoms with Crippen molar-refractivity contribution >= 4 is 34.0 Å². The molecule has 0 bridgehead atoms. The van der Waals surface area contributed by atoms with E-state index in [-0.39, 0.29) is 5.54 Å². The summed E-state index contributed by atoms with van der Waals surface area (Å²) in [4.78, 5) is 13.4. The monoisotopic (exact) mass is 299 g/mol. The molecule has 0 saturated carbocycles. The minimum absolute atomic E-state index is 0.295. The Hall–Kier alpha value is -2.21. The van der Waals surface area contributed by atoms with E-state index < -0.39 is 0 Å². The first-order valence-electron chi connectivity index (χ1n) is 6.73. The van der Waals surface area contributed by atoms with Crippen LogP contribution in [0, 0.1) is 0 Å². The molecule has 108 valence electrons. The van der Waals surface area contributed by atoms with Gasteiger partial charge in [-0.2, -0.15) is 4.98 Å².